The third-order valence-corrected chi connectivity index (χ3v) is 11.9. The summed E-state index contributed by atoms with van der Waals surface area (Å²) in [5.74, 6) is -6.52. The average Bonchev–Trinajstić information content (AvgIpc) is 4.05. The number of hydrogen-bond acceptors (Lipinski definition) is 12. The van der Waals surface area contributed by atoms with E-state index in [1.165, 1.54) is 23.6 Å². The Morgan fingerprint density at radius 2 is 1.44 bits per heavy atom. The van der Waals surface area contributed by atoms with Gasteiger partial charge in [0.1, 0.15) is 42.3 Å². The molecule has 2 aromatic rings. The van der Waals surface area contributed by atoms with Gasteiger partial charge in [-0.05, 0) is 76.3 Å². The largest absolute Gasteiger partial charge is 0.480 e. The molecule has 14 N–H and O–H groups in total. The number of para-hydroxylation sites is 1. The molecule has 7 amide bonds. The van der Waals surface area contributed by atoms with E-state index in [1.807, 2.05) is 38.1 Å². The van der Waals surface area contributed by atoms with E-state index in [9.17, 15) is 48.6 Å². The number of nitrogens with two attached hydrogens (primary N) is 3. The topological polar surface area (TPSA) is 350 Å². The number of hydrogen-bond donors (Lipinski definition) is 12. The van der Waals surface area contributed by atoms with Crippen LogP contribution in [0.5, 0.6) is 0 Å². The van der Waals surface area contributed by atoms with Gasteiger partial charge in [-0.1, -0.05) is 32.0 Å². The van der Waals surface area contributed by atoms with E-state index < -0.39 is 102 Å². The van der Waals surface area contributed by atoms with Crippen molar-refractivity contribution in [3.63, 3.8) is 0 Å². The fourth-order valence-corrected chi connectivity index (χ4v) is 8.37. The molecule has 0 spiro atoms. The molecule has 1 aromatic heterocycles. The zero-order valence-electron chi connectivity index (χ0n) is 37.8. The van der Waals surface area contributed by atoms with E-state index in [4.69, 9.17) is 17.2 Å². The van der Waals surface area contributed by atoms with Crippen LogP contribution in [0.3, 0.4) is 0 Å². The highest BCUT2D eigenvalue weighted by Crippen LogP contribution is 2.27. The SMILES string of the molecule is CC(C)C[C@H](NC(=O)[C@H](Cc1c[nH]c2ccccc12)NC(=O)[C@@H](NC(=O)[C@H](C)N)[C@@H](C)O)C(=O)N1CCC[C@H]1C(=O)N1CCC[C@H]1C(=O)N[C@@H](CCCN=C(N)N)C(=O)N[C@@H](CS)C(=O)O. The number of aromatic amines is 1. The maximum absolute atomic E-state index is 14.6. The summed E-state index contributed by atoms with van der Waals surface area (Å²) in [6, 6.07) is -2.10. The highest BCUT2D eigenvalue weighted by atomic mass is 32.1. The number of fused-ring (bicyclic) bond motifs is 1. The number of nitrogens with one attached hydrogen (secondary N) is 6. The summed E-state index contributed by atoms with van der Waals surface area (Å²) in [6.45, 7) is 6.95. The maximum atomic E-state index is 14.6. The number of H-pyrrole nitrogens is 1. The second-order valence-electron chi connectivity index (χ2n) is 17.3. The number of likely N-dealkylation sites (tertiary alicyclic amines) is 2. The first-order valence-corrected chi connectivity index (χ1v) is 22.9. The number of rotatable bonds is 23. The molecule has 23 heteroatoms. The Bertz CT molecular complexity index is 2090. The number of aliphatic hydroxyl groups is 1. The number of carbonyl (C=O) groups excluding carboxylic acids is 7. The van der Waals surface area contributed by atoms with Gasteiger partial charge in [-0.15, -0.1) is 0 Å². The lowest BCUT2D eigenvalue weighted by Gasteiger charge is -2.34. The van der Waals surface area contributed by atoms with Crippen LogP contribution in [0.1, 0.15) is 78.2 Å². The van der Waals surface area contributed by atoms with Crippen molar-refractivity contribution in [3.8, 4) is 0 Å². The van der Waals surface area contributed by atoms with Gasteiger partial charge in [-0.2, -0.15) is 12.6 Å². The number of benzene rings is 1. The Labute approximate surface area is 388 Å². The maximum Gasteiger partial charge on any atom is 0.327 e. The summed E-state index contributed by atoms with van der Waals surface area (Å²) in [7, 11) is 0. The molecule has 2 fully saturated rings. The molecule has 22 nitrogen and oxygen atoms in total. The molecular formula is C43H66N12O10S. The minimum absolute atomic E-state index is 0.0410. The first-order chi connectivity index (χ1) is 31.2. The van der Waals surface area contributed by atoms with Crippen molar-refractivity contribution >= 4 is 76.8 Å². The number of guanidine groups is 1. The summed E-state index contributed by atoms with van der Waals surface area (Å²) >= 11 is 4.00. The zero-order valence-corrected chi connectivity index (χ0v) is 38.7. The van der Waals surface area contributed by atoms with E-state index >= 15 is 0 Å². The Hall–Kier alpha value is -5.94. The Balaban J connectivity index is 1.55. The number of aromatic nitrogens is 1. The fourth-order valence-electron chi connectivity index (χ4n) is 8.13. The second kappa shape index (κ2) is 24.5. The number of thiol groups is 1. The summed E-state index contributed by atoms with van der Waals surface area (Å²) in [5, 5.41) is 33.8. The molecule has 3 heterocycles. The van der Waals surface area contributed by atoms with Gasteiger partial charge >= 0.3 is 5.97 Å². The molecule has 0 bridgehead atoms. The lowest BCUT2D eigenvalue weighted by atomic mass is 9.99. The highest BCUT2D eigenvalue weighted by Gasteiger charge is 2.44. The Morgan fingerprint density at radius 1 is 0.818 bits per heavy atom. The van der Waals surface area contributed by atoms with Gasteiger partial charge in [-0.25, -0.2) is 4.79 Å². The molecule has 2 saturated heterocycles. The molecule has 0 saturated carbocycles. The van der Waals surface area contributed by atoms with Crippen molar-refractivity contribution < 1.29 is 48.6 Å². The third-order valence-electron chi connectivity index (χ3n) is 11.6. The number of carbonyl (C=O) groups is 8. The molecule has 364 valence electrons. The van der Waals surface area contributed by atoms with Crippen LogP contribution in [0.2, 0.25) is 0 Å². The van der Waals surface area contributed by atoms with Crippen LogP contribution in [0.4, 0.5) is 0 Å². The van der Waals surface area contributed by atoms with Gasteiger partial charge in [0.2, 0.25) is 41.4 Å². The second-order valence-corrected chi connectivity index (χ2v) is 17.7. The van der Waals surface area contributed by atoms with E-state index in [-0.39, 0.29) is 75.8 Å². The summed E-state index contributed by atoms with van der Waals surface area (Å²) in [4.78, 5) is 118. The molecule has 9 atom stereocenters. The van der Waals surface area contributed by atoms with E-state index in [0.717, 1.165) is 10.9 Å². The summed E-state index contributed by atoms with van der Waals surface area (Å²) in [5.41, 5.74) is 18.0. The lowest BCUT2D eigenvalue weighted by molar-refractivity contribution is -0.148. The van der Waals surface area contributed by atoms with Crippen molar-refractivity contribution in [2.75, 3.05) is 25.4 Å². The Morgan fingerprint density at radius 3 is 2.06 bits per heavy atom. The predicted octanol–water partition coefficient (Wildman–Crippen LogP) is -2.04. The van der Waals surface area contributed by atoms with Gasteiger partial charge in [0.05, 0.1) is 12.1 Å². The van der Waals surface area contributed by atoms with Crippen LogP contribution in [0.15, 0.2) is 35.5 Å². The molecule has 4 rings (SSSR count). The van der Waals surface area contributed by atoms with Crippen molar-refractivity contribution in [2.24, 2.45) is 28.1 Å². The number of nitrogens with zero attached hydrogens (tertiary/aromatic N) is 3. The van der Waals surface area contributed by atoms with Gasteiger partial charge in [0.15, 0.2) is 5.96 Å². The van der Waals surface area contributed by atoms with Crippen molar-refractivity contribution in [2.45, 2.75) is 134 Å². The van der Waals surface area contributed by atoms with Gasteiger partial charge in [0, 0.05) is 48.9 Å². The Kier molecular flexibility index (Phi) is 19.6. The van der Waals surface area contributed by atoms with Crippen molar-refractivity contribution in [1.82, 2.24) is 41.4 Å². The zero-order chi connectivity index (χ0) is 48.8. The normalized spacial score (nSPS) is 19.2. The van der Waals surface area contributed by atoms with Crippen LogP contribution in [-0.4, -0.2) is 158 Å². The van der Waals surface area contributed by atoms with E-state index in [2.05, 4.69) is 49.2 Å². The first-order valence-electron chi connectivity index (χ1n) is 22.2. The monoisotopic (exact) mass is 942 g/mol. The smallest absolute Gasteiger partial charge is 0.327 e. The number of aliphatic carboxylic acids is 1. The number of amides is 7. The molecular weight excluding hydrogens is 877 g/mol. The van der Waals surface area contributed by atoms with Crippen molar-refractivity contribution in [1.29, 1.82) is 0 Å². The van der Waals surface area contributed by atoms with Crippen LogP contribution < -0.4 is 43.8 Å². The van der Waals surface area contributed by atoms with Gasteiger partial charge < -0.3 is 68.8 Å². The molecule has 2 aliphatic rings. The van der Waals surface area contributed by atoms with E-state index in [1.54, 1.807) is 6.20 Å². The van der Waals surface area contributed by atoms with Crippen molar-refractivity contribution in [3.05, 3.63) is 36.0 Å². The quantitative estimate of drug-likeness (QED) is 0.0248. The summed E-state index contributed by atoms with van der Waals surface area (Å²) < 4.78 is 0. The summed E-state index contributed by atoms with van der Waals surface area (Å²) in [6.07, 6.45) is 2.18. The molecule has 0 aliphatic carbocycles. The van der Waals surface area contributed by atoms with Crippen LogP contribution in [-0.2, 0) is 44.8 Å². The number of carboxylic acids is 1. The minimum atomic E-state index is -1.47. The minimum Gasteiger partial charge on any atom is -0.480 e. The van der Waals surface area contributed by atoms with Gasteiger partial charge in [-0.3, -0.25) is 38.6 Å². The van der Waals surface area contributed by atoms with Crippen LogP contribution >= 0.6 is 12.6 Å². The highest BCUT2D eigenvalue weighted by molar-refractivity contribution is 7.80. The molecule has 0 unspecified atom stereocenters. The molecule has 0 radical (unpaired) electrons. The number of aliphatic hydroxyl groups excluding tert-OH is 1. The van der Waals surface area contributed by atoms with E-state index in [0.29, 0.717) is 18.4 Å². The van der Waals surface area contributed by atoms with Gasteiger partial charge in [0.25, 0.3) is 0 Å². The van der Waals surface area contributed by atoms with Crippen LogP contribution in [0.25, 0.3) is 10.9 Å². The first kappa shape index (κ1) is 52.7. The number of carboxylic acid groups (broad SMARTS) is 1. The lowest BCUT2D eigenvalue weighted by Crippen LogP contribution is -2.61. The molecule has 1 aromatic carbocycles. The molecule has 66 heavy (non-hydrogen) atoms. The average molecular weight is 943 g/mol. The standard InChI is InChI=1S/C43H66N12O10S/c1-22(2)18-30(51-37(59)29(19-25-20-48-27-11-6-5-10-26(25)27)50-39(61)34(24(4)56)53-35(57)23(3)44)40(62)55-17-9-14-33(55)41(63)54-16-8-13-32(54)38(60)49-28(12-7-15-47-43(45)46)36(58)52-31(21-66)42(64)65/h5-6,10-11,20,22-24,28-34,48,56,66H,7-9,12-19,21,44H2,1-4H3,(H,49,60)(H,50,61)(H,51,59)(H,52,58)(H,53,57)(H,64,65)(H4,45,46,47)/t23-,24+,28-,29-,30-,31-,32-,33-,34-/m0/s1. The van der Waals surface area contributed by atoms with Crippen LogP contribution in [0, 0.1) is 5.92 Å². The number of aliphatic imine (C=N–C) groups is 1. The fraction of sp³-hybridized carbons (Fsp3) is 0.605. The predicted molar refractivity (Wildman–Crippen MR) is 247 cm³/mol. The molecule has 2 aliphatic heterocycles. The third kappa shape index (κ3) is 14.3.